The molecule has 23 heavy (non-hydrogen) atoms. The van der Waals surface area contributed by atoms with E-state index in [2.05, 4.69) is 0 Å². The molecular weight excluding hydrogens is 338 g/mol. The van der Waals surface area contributed by atoms with Crippen LogP contribution in [0, 0.1) is 0 Å². The molecule has 0 bridgehead atoms. The number of ether oxygens (including phenoxy) is 2. The fourth-order valence-corrected chi connectivity index (χ4v) is 4.06. The number of fused-ring (bicyclic) bond motifs is 1. The summed E-state index contributed by atoms with van der Waals surface area (Å²) in [5.74, 6) is 0.599. The van der Waals surface area contributed by atoms with E-state index in [0.29, 0.717) is 18.0 Å². The second-order valence-corrected chi connectivity index (χ2v) is 6.96. The van der Waals surface area contributed by atoms with Crippen molar-refractivity contribution in [2.75, 3.05) is 13.0 Å². The first kappa shape index (κ1) is 16.2. The number of hydrogen-bond acceptors (Lipinski definition) is 5. The van der Waals surface area contributed by atoms with Crippen LogP contribution in [0.3, 0.4) is 0 Å². The van der Waals surface area contributed by atoms with E-state index in [-0.39, 0.29) is 23.1 Å². The lowest BCUT2D eigenvalue weighted by Gasteiger charge is -2.44. The summed E-state index contributed by atoms with van der Waals surface area (Å²) in [4.78, 5) is 25.6. The van der Waals surface area contributed by atoms with Gasteiger partial charge >= 0.3 is 5.97 Å². The number of thioether (sulfide) groups is 1. The highest BCUT2D eigenvalue weighted by atomic mass is 35.5. The summed E-state index contributed by atoms with van der Waals surface area (Å²) in [6.07, 6.45) is 2.17. The number of amides is 1. The summed E-state index contributed by atoms with van der Waals surface area (Å²) in [5, 5.41) is 0.0225. The van der Waals surface area contributed by atoms with E-state index in [4.69, 9.17) is 21.1 Å². The highest BCUT2D eigenvalue weighted by Gasteiger charge is 2.45. The minimum Gasteiger partial charge on any atom is -0.497 e. The number of alkyl halides is 1. The molecule has 2 heterocycles. The van der Waals surface area contributed by atoms with Gasteiger partial charge in [-0.3, -0.25) is 9.69 Å². The summed E-state index contributed by atoms with van der Waals surface area (Å²) in [6.45, 7) is 0.144. The normalized spacial score (nSPS) is 22.8. The Morgan fingerprint density at radius 2 is 2.13 bits per heavy atom. The zero-order valence-electron chi connectivity index (χ0n) is 12.5. The van der Waals surface area contributed by atoms with Gasteiger partial charge in [-0.15, -0.1) is 23.4 Å². The Labute approximate surface area is 143 Å². The van der Waals surface area contributed by atoms with Crippen molar-refractivity contribution >= 4 is 35.2 Å². The average molecular weight is 354 g/mol. The molecule has 0 N–H and O–H groups in total. The number of nitrogens with zero attached hydrogens (tertiary/aromatic N) is 1. The lowest BCUT2D eigenvalue weighted by atomic mass is 10.1. The molecule has 1 aromatic carbocycles. The highest BCUT2D eigenvalue weighted by Crippen LogP contribution is 2.41. The standard InChI is InChI=1S/C16H16ClNO4S/c1-21-11-4-2-10(3-5-11)9-22-16(20)13-6-12(8-17)23-15-7-14(19)18(13)15/h2-6,12,15H,7-9H2,1H3/t12?,15-/m1/s1. The van der Waals surface area contributed by atoms with Crippen molar-refractivity contribution in [2.45, 2.75) is 23.7 Å². The maximum absolute atomic E-state index is 12.3. The summed E-state index contributed by atoms with van der Waals surface area (Å²) < 4.78 is 10.4. The number of esters is 1. The molecule has 1 aromatic rings. The van der Waals surface area contributed by atoms with Crippen molar-refractivity contribution in [3.63, 3.8) is 0 Å². The Balaban J connectivity index is 1.66. The molecule has 0 radical (unpaired) electrons. The largest absolute Gasteiger partial charge is 0.497 e. The molecular formula is C16H16ClNO4S. The third-order valence-corrected chi connectivity index (χ3v) is 5.59. The van der Waals surface area contributed by atoms with E-state index in [1.807, 2.05) is 12.1 Å². The van der Waals surface area contributed by atoms with Crippen molar-refractivity contribution in [1.82, 2.24) is 4.90 Å². The van der Waals surface area contributed by atoms with Gasteiger partial charge in [0, 0.05) is 11.1 Å². The van der Waals surface area contributed by atoms with Gasteiger partial charge in [-0.25, -0.2) is 4.79 Å². The molecule has 0 spiro atoms. The average Bonchev–Trinajstić information content (AvgIpc) is 2.58. The predicted molar refractivity (Wildman–Crippen MR) is 88.2 cm³/mol. The lowest BCUT2D eigenvalue weighted by Crippen LogP contribution is -2.54. The molecule has 2 aliphatic rings. The zero-order chi connectivity index (χ0) is 16.4. The predicted octanol–water partition coefficient (Wildman–Crippen LogP) is 2.53. The Morgan fingerprint density at radius 1 is 1.39 bits per heavy atom. The third-order valence-electron chi connectivity index (χ3n) is 3.73. The molecule has 7 heteroatoms. The van der Waals surface area contributed by atoms with Crippen molar-refractivity contribution in [3.8, 4) is 5.75 Å². The van der Waals surface area contributed by atoms with E-state index in [0.717, 1.165) is 11.3 Å². The van der Waals surface area contributed by atoms with Crippen LogP contribution in [0.4, 0.5) is 0 Å². The van der Waals surface area contributed by atoms with Crippen LogP contribution in [-0.2, 0) is 20.9 Å². The Kier molecular flexibility index (Phi) is 4.82. The van der Waals surface area contributed by atoms with E-state index in [1.54, 1.807) is 37.1 Å². The number of rotatable bonds is 5. The number of benzene rings is 1. The van der Waals surface area contributed by atoms with Crippen LogP contribution in [0.5, 0.6) is 5.75 Å². The van der Waals surface area contributed by atoms with Crippen LogP contribution in [0.1, 0.15) is 12.0 Å². The fourth-order valence-electron chi connectivity index (χ4n) is 2.47. The van der Waals surface area contributed by atoms with Crippen LogP contribution < -0.4 is 4.74 Å². The van der Waals surface area contributed by atoms with Gasteiger partial charge in [0.25, 0.3) is 0 Å². The number of carbonyl (C=O) groups excluding carboxylic acids is 2. The first-order valence-corrected chi connectivity index (χ1v) is 8.65. The van der Waals surface area contributed by atoms with Crippen molar-refractivity contribution in [3.05, 3.63) is 41.6 Å². The van der Waals surface area contributed by atoms with Crippen molar-refractivity contribution in [2.24, 2.45) is 0 Å². The van der Waals surface area contributed by atoms with Crippen LogP contribution >= 0.6 is 23.4 Å². The maximum Gasteiger partial charge on any atom is 0.355 e. The molecule has 1 unspecified atom stereocenters. The Bertz CT molecular complexity index is 646. The fraction of sp³-hybridized carbons (Fsp3) is 0.375. The van der Waals surface area contributed by atoms with Gasteiger partial charge in [-0.05, 0) is 23.8 Å². The number of carbonyl (C=O) groups is 2. The summed E-state index contributed by atoms with van der Waals surface area (Å²) in [5.41, 5.74) is 1.16. The number of methoxy groups -OCH3 is 1. The molecule has 2 atom stereocenters. The Hall–Kier alpha value is -1.66. The molecule has 3 rings (SSSR count). The number of β-lactam (4-membered cyclic amide) rings is 1. The van der Waals surface area contributed by atoms with Gasteiger partial charge in [-0.2, -0.15) is 0 Å². The smallest absolute Gasteiger partial charge is 0.355 e. The molecule has 1 amide bonds. The molecule has 122 valence electrons. The molecule has 0 aliphatic carbocycles. The molecule has 2 aliphatic heterocycles. The number of halogens is 1. The van der Waals surface area contributed by atoms with Gasteiger partial charge in [0.05, 0.1) is 18.9 Å². The Morgan fingerprint density at radius 3 is 2.74 bits per heavy atom. The highest BCUT2D eigenvalue weighted by molar-refractivity contribution is 8.00. The minimum atomic E-state index is -0.491. The first-order valence-electron chi connectivity index (χ1n) is 7.17. The third kappa shape index (κ3) is 3.33. The minimum absolute atomic E-state index is 0.000198. The van der Waals surface area contributed by atoms with E-state index >= 15 is 0 Å². The molecule has 0 aromatic heterocycles. The van der Waals surface area contributed by atoms with Crippen molar-refractivity contribution < 1.29 is 19.1 Å². The quantitative estimate of drug-likeness (QED) is 0.462. The SMILES string of the molecule is COc1ccc(COC(=O)C2=CC(CCl)S[C@@H]3CC(=O)N23)cc1. The molecule has 1 fully saturated rings. The van der Waals surface area contributed by atoms with E-state index in [1.165, 1.54) is 4.90 Å². The van der Waals surface area contributed by atoms with Crippen LogP contribution in [0.15, 0.2) is 36.0 Å². The summed E-state index contributed by atoms with van der Waals surface area (Å²) in [7, 11) is 1.59. The lowest BCUT2D eigenvalue weighted by molar-refractivity contribution is -0.150. The molecule has 0 saturated carbocycles. The summed E-state index contributed by atoms with van der Waals surface area (Å²) >= 11 is 7.49. The number of hydrogen-bond donors (Lipinski definition) is 0. The zero-order valence-corrected chi connectivity index (χ0v) is 14.1. The van der Waals surface area contributed by atoms with Crippen molar-refractivity contribution in [1.29, 1.82) is 0 Å². The molecule has 5 nitrogen and oxygen atoms in total. The van der Waals surface area contributed by atoms with E-state index in [9.17, 15) is 9.59 Å². The maximum atomic E-state index is 12.3. The summed E-state index contributed by atoms with van der Waals surface area (Å²) in [6, 6.07) is 7.27. The van der Waals surface area contributed by atoms with Crippen LogP contribution in [-0.4, -0.2) is 40.4 Å². The second kappa shape index (κ2) is 6.84. The van der Waals surface area contributed by atoms with Crippen LogP contribution in [0.25, 0.3) is 0 Å². The van der Waals surface area contributed by atoms with Gasteiger partial charge in [0.2, 0.25) is 5.91 Å². The van der Waals surface area contributed by atoms with Crippen LogP contribution in [0.2, 0.25) is 0 Å². The topological polar surface area (TPSA) is 55.8 Å². The van der Waals surface area contributed by atoms with Gasteiger partial charge < -0.3 is 9.47 Å². The monoisotopic (exact) mass is 353 g/mol. The van der Waals surface area contributed by atoms with Gasteiger partial charge in [0.15, 0.2) is 0 Å². The second-order valence-electron chi connectivity index (χ2n) is 5.23. The molecule has 1 saturated heterocycles. The van der Waals surface area contributed by atoms with Gasteiger partial charge in [-0.1, -0.05) is 12.1 Å². The van der Waals surface area contributed by atoms with E-state index < -0.39 is 5.97 Å². The van der Waals surface area contributed by atoms with Gasteiger partial charge in [0.1, 0.15) is 18.1 Å². The first-order chi connectivity index (χ1) is 11.1.